The van der Waals surface area contributed by atoms with Crippen LogP contribution in [0.5, 0.6) is 5.75 Å². The molecule has 0 aliphatic heterocycles. The number of hydrogen-bond donors (Lipinski definition) is 2. The second-order valence-corrected chi connectivity index (χ2v) is 3.71. The standard InChI is InChI=1S/C13H12FN3O/c14-10-1-3-11(4-2-10)18-8-9-5-6-17-12(7-9)13(15)16/h1-7H,8H2,(H3,15,16). The quantitative estimate of drug-likeness (QED) is 0.640. The summed E-state index contributed by atoms with van der Waals surface area (Å²) in [7, 11) is 0. The molecule has 0 aliphatic rings. The van der Waals surface area contributed by atoms with Crippen LogP contribution in [-0.4, -0.2) is 10.8 Å². The third-order valence-corrected chi connectivity index (χ3v) is 2.32. The second kappa shape index (κ2) is 5.27. The summed E-state index contributed by atoms with van der Waals surface area (Å²) in [6.07, 6.45) is 1.57. The minimum Gasteiger partial charge on any atom is -0.489 e. The Morgan fingerprint density at radius 3 is 2.67 bits per heavy atom. The van der Waals surface area contributed by atoms with Gasteiger partial charge in [-0.1, -0.05) is 0 Å². The third kappa shape index (κ3) is 3.04. The van der Waals surface area contributed by atoms with Gasteiger partial charge in [0.25, 0.3) is 0 Å². The van der Waals surface area contributed by atoms with E-state index in [1.165, 1.54) is 12.1 Å². The minimum atomic E-state index is -0.301. The van der Waals surface area contributed by atoms with Crippen LogP contribution >= 0.6 is 0 Å². The number of pyridine rings is 1. The first-order valence-electron chi connectivity index (χ1n) is 5.33. The first kappa shape index (κ1) is 12.0. The molecule has 0 saturated carbocycles. The van der Waals surface area contributed by atoms with Crippen molar-refractivity contribution in [1.29, 1.82) is 5.41 Å². The molecule has 3 N–H and O–H groups in total. The zero-order chi connectivity index (χ0) is 13.0. The van der Waals surface area contributed by atoms with Gasteiger partial charge in [0.15, 0.2) is 0 Å². The number of aromatic nitrogens is 1. The Bertz CT molecular complexity index is 554. The monoisotopic (exact) mass is 245 g/mol. The molecule has 2 rings (SSSR count). The zero-order valence-electron chi connectivity index (χ0n) is 9.56. The van der Waals surface area contributed by atoms with Crippen LogP contribution in [0.15, 0.2) is 42.6 Å². The Kier molecular flexibility index (Phi) is 3.52. The number of nitrogens with one attached hydrogen (secondary N) is 1. The SMILES string of the molecule is N=C(N)c1cc(COc2ccc(F)cc2)ccn1. The van der Waals surface area contributed by atoms with Gasteiger partial charge in [0.2, 0.25) is 0 Å². The number of benzene rings is 1. The van der Waals surface area contributed by atoms with Crippen molar-refractivity contribution in [1.82, 2.24) is 4.98 Å². The smallest absolute Gasteiger partial charge is 0.141 e. The molecule has 0 atom stereocenters. The number of rotatable bonds is 4. The van der Waals surface area contributed by atoms with Crippen LogP contribution in [0.2, 0.25) is 0 Å². The van der Waals surface area contributed by atoms with Crippen LogP contribution in [0, 0.1) is 11.2 Å². The molecule has 18 heavy (non-hydrogen) atoms. The second-order valence-electron chi connectivity index (χ2n) is 3.71. The van der Waals surface area contributed by atoms with Crippen LogP contribution in [0.3, 0.4) is 0 Å². The molecule has 4 nitrogen and oxygen atoms in total. The summed E-state index contributed by atoms with van der Waals surface area (Å²) in [5, 5.41) is 7.28. The van der Waals surface area contributed by atoms with E-state index in [0.717, 1.165) is 5.56 Å². The van der Waals surface area contributed by atoms with Crippen LogP contribution < -0.4 is 10.5 Å². The minimum absolute atomic E-state index is 0.0846. The van der Waals surface area contributed by atoms with E-state index < -0.39 is 0 Å². The molecule has 0 unspecified atom stereocenters. The lowest BCUT2D eigenvalue weighted by Crippen LogP contribution is -2.13. The molecule has 1 aromatic heterocycles. The lowest BCUT2D eigenvalue weighted by atomic mass is 10.2. The molecule has 0 amide bonds. The van der Waals surface area contributed by atoms with Crippen molar-refractivity contribution in [3.05, 3.63) is 59.7 Å². The summed E-state index contributed by atoms with van der Waals surface area (Å²) in [4.78, 5) is 3.95. The lowest BCUT2D eigenvalue weighted by Gasteiger charge is -2.07. The third-order valence-electron chi connectivity index (χ3n) is 2.32. The van der Waals surface area contributed by atoms with Gasteiger partial charge >= 0.3 is 0 Å². The lowest BCUT2D eigenvalue weighted by molar-refractivity contribution is 0.305. The molecule has 0 fully saturated rings. The fraction of sp³-hybridized carbons (Fsp3) is 0.0769. The number of nitrogen functional groups attached to an aromatic ring is 1. The van der Waals surface area contributed by atoms with Crippen molar-refractivity contribution in [2.75, 3.05) is 0 Å². The zero-order valence-corrected chi connectivity index (χ0v) is 9.56. The Morgan fingerprint density at radius 1 is 1.28 bits per heavy atom. The van der Waals surface area contributed by atoms with Crippen molar-refractivity contribution in [2.24, 2.45) is 5.73 Å². The van der Waals surface area contributed by atoms with Crippen molar-refractivity contribution in [2.45, 2.75) is 6.61 Å². The van der Waals surface area contributed by atoms with E-state index in [0.29, 0.717) is 18.1 Å². The molecule has 92 valence electrons. The Balaban J connectivity index is 2.04. The summed E-state index contributed by atoms with van der Waals surface area (Å²) < 4.78 is 18.2. The maximum absolute atomic E-state index is 12.7. The van der Waals surface area contributed by atoms with Gasteiger partial charge in [0.1, 0.15) is 29.7 Å². The largest absolute Gasteiger partial charge is 0.489 e. The van der Waals surface area contributed by atoms with Gasteiger partial charge in [-0.25, -0.2) is 4.39 Å². The van der Waals surface area contributed by atoms with Gasteiger partial charge < -0.3 is 10.5 Å². The average molecular weight is 245 g/mol. The van der Waals surface area contributed by atoms with Crippen LogP contribution in [0.1, 0.15) is 11.3 Å². The van der Waals surface area contributed by atoms with E-state index in [9.17, 15) is 4.39 Å². The maximum Gasteiger partial charge on any atom is 0.141 e. The molecule has 0 aliphatic carbocycles. The molecule has 0 bridgehead atoms. The number of nitrogens with zero attached hydrogens (tertiary/aromatic N) is 1. The molecular formula is C13H12FN3O. The average Bonchev–Trinajstić information content (AvgIpc) is 2.38. The number of nitrogens with two attached hydrogens (primary N) is 1. The fourth-order valence-electron chi connectivity index (χ4n) is 1.41. The molecule has 0 saturated heterocycles. The van der Waals surface area contributed by atoms with E-state index in [4.69, 9.17) is 15.9 Å². The van der Waals surface area contributed by atoms with E-state index >= 15 is 0 Å². The summed E-state index contributed by atoms with van der Waals surface area (Å²) in [5.41, 5.74) is 6.60. The molecule has 0 spiro atoms. The number of amidine groups is 1. The maximum atomic E-state index is 12.7. The Labute approximate surface area is 104 Å². The fourth-order valence-corrected chi connectivity index (χ4v) is 1.41. The van der Waals surface area contributed by atoms with Crippen LogP contribution in [-0.2, 0) is 6.61 Å². The number of halogens is 1. The van der Waals surface area contributed by atoms with E-state index in [-0.39, 0.29) is 11.7 Å². The Hall–Kier alpha value is -2.43. The van der Waals surface area contributed by atoms with Gasteiger partial charge in [0.05, 0.1) is 0 Å². The highest BCUT2D eigenvalue weighted by Crippen LogP contribution is 2.13. The summed E-state index contributed by atoms with van der Waals surface area (Å²) in [6.45, 7) is 0.314. The highest BCUT2D eigenvalue weighted by molar-refractivity contribution is 5.93. The summed E-state index contributed by atoms with van der Waals surface area (Å²) in [5.74, 6) is 0.196. The van der Waals surface area contributed by atoms with Gasteiger partial charge in [-0.2, -0.15) is 0 Å². The van der Waals surface area contributed by atoms with E-state index in [1.54, 1.807) is 30.5 Å². The highest BCUT2D eigenvalue weighted by Gasteiger charge is 2.01. The van der Waals surface area contributed by atoms with E-state index in [2.05, 4.69) is 4.98 Å². The molecule has 0 radical (unpaired) electrons. The van der Waals surface area contributed by atoms with Gasteiger partial charge in [-0.3, -0.25) is 10.4 Å². The van der Waals surface area contributed by atoms with Crippen molar-refractivity contribution in [3.63, 3.8) is 0 Å². The van der Waals surface area contributed by atoms with Crippen molar-refractivity contribution in [3.8, 4) is 5.75 Å². The summed E-state index contributed by atoms with van der Waals surface area (Å²) >= 11 is 0. The van der Waals surface area contributed by atoms with Crippen LogP contribution in [0.4, 0.5) is 4.39 Å². The molecular weight excluding hydrogens is 233 g/mol. The topological polar surface area (TPSA) is 72.0 Å². The predicted octanol–water partition coefficient (Wildman–Crippen LogP) is 2.08. The number of ether oxygens (including phenoxy) is 1. The Morgan fingerprint density at radius 2 is 2.00 bits per heavy atom. The van der Waals surface area contributed by atoms with Gasteiger partial charge in [-0.15, -0.1) is 0 Å². The normalized spacial score (nSPS) is 10.1. The van der Waals surface area contributed by atoms with E-state index in [1.807, 2.05) is 0 Å². The van der Waals surface area contributed by atoms with Gasteiger partial charge in [0, 0.05) is 6.20 Å². The molecule has 2 aromatic rings. The molecule has 5 heteroatoms. The first-order valence-corrected chi connectivity index (χ1v) is 5.33. The van der Waals surface area contributed by atoms with Gasteiger partial charge in [-0.05, 0) is 42.0 Å². The van der Waals surface area contributed by atoms with Crippen LogP contribution in [0.25, 0.3) is 0 Å². The summed E-state index contributed by atoms with van der Waals surface area (Å²) in [6, 6.07) is 9.25. The predicted molar refractivity (Wildman–Crippen MR) is 66.0 cm³/mol. The van der Waals surface area contributed by atoms with Crippen molar-refractivity contribution >= 4 is 5.84 Å². The first-order chi connectivity index (χ1) is 8.65. The van der Waals surface area contributed by atoms with Crippen molar-refractivity contribution < 1.29 is 9.13 Å². The molecule has 1 heterocycles. The molecule has 1 aromatic carbocycles. The highest BCUT2D eigenvalue weighted by atomic mass is 19.1. The number of hydrogen-bond acceptors (Lipinski definition) is 3.